The number of ether oxygens (including phenoxy) is 1. The largest absolute Gasteiger partial charge is 0.433 e. The van der Waals surface area contributed by atoms with E-state index in [1.165, 1.54) is 0 Å². The van der Waals surface area contributed by atoms with Gasteiger partial charge < -0.3 is 19.9 Å². The van der Waals surface area contributed by atoms with Crippen LogP contribution in [0.2, 0.25) is 0 Å². The average Bonchev–Trinajstić information content (AvgIpc) is 3.16. The van der Waals surface area contributed by atoms with Crippen LogP contribution in [-0.4, -0.2) is 72.3 Å². The molecule has 32 heavy (non-hydrogen) atoms. The fraction of sp³-hybridized carbons (Fsp3) is 0.773. The van der Waals surface area contributed by atoms with Crippen LogP contribution in [0.3, 0.4) is 0 Å². The van der Waals surface area contributed by atoms with Crippen molar-refractivity contribution < 1.29 is 22.7 Å². The molecule has 10 heteroatoms. The Hall–Kier alpha value is -1.94. The van der Waals surface area contributed by atoms with Gasteiger partial charge in [0.1, 0.15) is 5.69 Å². The molecule has 4 rings (SSSR count). The van der Waals surface area contributed by atoms with E-state index in [9.17, 15) is 18.0 Å². The Morgan fingerprint density at radius 1 is 1.25 bits per heavy atom. The fourth-order valence-corrected chi connectivity index (χ4v) is 5.16. The second-order valence-corrected chi connectivity index (χ2v) is 9.63. The third kappa shape index (κ3) is 5.01. The quantitative estimate of drug-likeness (QED) is 0.753. The maximum Gasteiger partial charge on any atom is 0.433 e. The molecule has 3 heterocycles. The number of halogens is 3. The number of nitrogens with one attached hydrogen (secondary N) is 1. The summed E-state index contributed by atoms with van der Waals surface area (Å²) < 4.78 is 44.4. The molecule has 3 aliphatic rings. The molecule has 0 spiro atoms. The third-order valence-electron chi connectivity index (χ3n) is 7.13. The van der Waals surface area contributed by atoms with Crippen LogP contribution in [0.1, 0.15) is 45.2 Å². The summed E-state index contributed by atoms with van der Waals surface area (Å²) in [4.78, 5) is 24.6. The van der Waals surface area contributed by atoms with Crippen LogP contribution in [0.15, 0.2) is 12.3 Å². The van der Waals surface area contributed by atoms with Gasteiger partial charge in [0.2, 0.25) is 11.9 Å². The summed E-state index contributed by atoms with van der Waals surface area (Å²) >= 11 is 0. The van der Waals surface area contributed by atoms with Crippen molar-refractivity contribution in [2.45, 2.75) is 57.8 Å². The van der Waals surface area contributed by atoms with Crippen molar-refractivity contribution in [2.75, 3.05) is 44.3 Å². The molecular weight excluding hydrogens is 423 g/mol. The van der Waals surface area contributed by atoms with E-state index in [2.05, 4.69) is 22.2 Å². The lowest BCUT2D eigenvalue weighted by atomic mass is 9.86. The number of amides is 1. The van der Waals surface area contributed by atoms with E-state index in [1.54, 1.807) is 4.90 Å². The number of rotatable bonds is 4. The third-order valence-corrected chi connectivity index (χ3v) is 7.13. The van der Waals surface area contributed by atoms with Gasteiger partial charge in [0.05, 0.1) is 6.61 Å². The zero-order valence-corrected chi connectivity index (χ0v) is 18.7. The molecule has 4 atom stereocenters. The van der Waals surface area contributed by atoms with Crippen molar-refractivity contribution >= 4 is 11.9 Å². The minimum atomic E-state index is -4.50. The monoisotopic (exact) mass is 455 g/mol. The summed E-state index contributed by atoms with van der Waals surface area (Å²) in [5.74, 6) is 0.678. The number of carbonyl (C=O) groups excluding carboxylic acids is 1. The predicted octanol–water partition coefficient (Wildman–Crippen LogP) is 2.72. The Morgan fingerprint density at radius 2 is 2.00 bits per heavy atom. The van der Waals surface area contributed by atoms with Crippen molar-refractivity contribution in [1.82, 2.24) is 20.2 Å². The zero-order chi connectivity index (χ0) is 22.9. The van der Waals surface area contributed by atoms with Crippen molar-refractivity contribution in [3.8, 4) is 0 Å². The van der Waals surface area contributed by atoms with Gasteiger partial charge in [-0.25, -0.2) is 9.97 Å². The van der Waals surface area contributed by atoms with E-state index in [4.69, 9.17) is 4.74 Å². The van der Waals surface area contributed by atoms with E-state index in [1.807, 2.05) is 11.8 Å². The van der Waals surface area contributed by atoms with Crippen LogP contribution < -0.4 is 10.2 Å². The number of hydrogen-bond donors (Lipinski definition) is 1. The molecule has 1 amide bonds. The van der Waals surface area contributed by atoms with Gasteiger partial charge in [-0.3, -0.25) is 4.79 Å². The van der Waals surface area contributed by atoms with Gasteiger partial charge >= 0.3 is 6.18 Å². The first-order valence-corrected chi connectivity index (χ1v) is 11.4. The van der Waals surface area contributed by atoms with Crippen LogP contribution in [0.25, 0.3) is 0 Å². The first kappa shape index (κ1) is 23.2. The first-order valence-electron chi connectivity index (χ1n) is 11.4. The topological polar surface area (TPSA) is 70.6 Å². The molecule has 7 nitrogen and oxygen atoms in total. The molecule has 1 aromatic rings. The summed E-state index contributed by atoms with van der Waals surface area (Å²) in [6.45, 7) is 7.57. The van der Waals surface area contributed by atoms with E-state index >= 15 is 0 Å². The summed E-state index contributed by atoms with van der Waals surface area (Å²) in [5, 5.41) is 3.76. The number of alkyl halides is 3. The Balaban J connectivity index is 1.31. The van der Waals surface area contributed by atoms with E-state index < -0.39 is 17.3 Å². The molecule has 2 aliphatic heterocycles. The van der Waals surface area contributed by atoms with E-state index in [0.29, 0.717) is 44.2 Å². The van der Waals surface area contributed by atoms with Gasteiger partial charge in [-0.15, -0.1) is 0 Å². The normalized spacial score (nSPS) is 31.7. The molecule has 178 valence electrons. The molecule has 0 radical (unpaired) electrons. The lowest BCUT2D eigenvalue weighted by Crippen LogP contribution is -2.53. The number of anilines is 1. The summed E-state index contributed by atoms with van der Waals surface area (Å²) in [5.41, 5.74) is -1.35. The van der Waals surface area contributed by atoms with Crippen molar-refractivity contribution in [1.29, 1.82) is 0 Å². The second-order valence-electron chi connectivity index (χ2n) is 9.63. The van der Waals surface area contributed by atoms with Crippen LogP contribution in [0.5, 0.6) is 0 Å². The molecule has 1 N–H and O–H groups in total. The van der Waals surface area contributed by atoms with Crippen LogP contribution in [0, 0.1) is 11.3 Å². The standard InChI is InChI=1S/C22H32F3N5O2/c1-15-14-32-12-5-17(15)27-16-3-6-21(2,13-16)19(31)29-8-10-30(11-9-29)20-26-7-4-18(28-20)22(23,24)25/h4,7,15-17,27H,3,5-6,8-14H2,1-2H3/t15-,16-,17-,21?/m1/s1. The Morgan fingerprint density at radius 3 is 2.69 bits per heavy atom. The number of hydrogen-bond acceptors (Lipinski definition) is 6. The molecule has 2 saturated heterocycles. The van der Waals surface area contributed by atoms with E-state index in [0.717, 1.165) is 51.2 Å². The molecule has 0 bridgehead atoms. The van der Waals surface area contributed by atoms with Gasteiger partial charge in [-0.1, -0.05) is 13.8 Å². The Labute approximate surface area is 186 Å². The molecule has 3 fully saturated rings. The average molecular weight is 456 g/mol. The summed E-state index contributed by atoms with van der Waals surface area (Å²) in [7, 11) is 0. The number of nitrogens with zero attached hydrogens (tertiary/aromatic N) is 4. The van der Waals surface area contributed by atoms with Gasteiger partial charge in [-0.05, 0) is 37.7 Å². The van der Waals surface area contributed by atoms with Gasteiger partial charge in [-0.2, -0.15) is 13.2 Å². The smallest absolute Gasteiger partial charge is 0.381 e. The van der Waals surface area contributed by atoms with Crippen molar-refractivity contribution in [3.05, 3.63) is 18.0 Å². The second kappa shape index (κ2) is 9.13. The maximum absolute atomic E-state index is 13.3. The molecule has 1 saturated carbocycles. The SMILES string of the molecule is C[C@@H]1COCC[C@H]1N[C@@H]1CCC(C)(C(=O)N2CCN(c3nccc(C(F)(F)F)n3)CC2)C1. The number of piperazine rings is 1. The maximum atomic E-state index is 13.3. The van der Waals surface area contributed by atoms with Crippen molar-refractivity contribution in [2.24, 2.45) is 11.3 Å². The van der Waals surface area contributed by atoms with Crippen molar-refractivity contribution in [3.63, 3.8) is 0 Å². The molecular formula is C22H32F3N5O2. The highest BCUT2D eigenvalue weighted by Gasteiger charge is 2.44. The predicted molar refractivity (Wildman–Crippen MR) is 113 cm³/mol. The minimum absolute atomic E-state index is 0.0637. The molecule has 1 aromatic heterocycles. The molecule has 0 aromatic carbocycles. The fourth-order valence-electron chi connectivity index (χ4n) is 5.16. The zero-order valence-electron chi connectivity index (χ0n) is 18.7. The van der Waals surface area contributed by atoms with Crippen LogP contribution >= 0.6 is 0 Å². The summed E-state index contributed by atoms with van der Waals surface area (Å²) in [6, 6.07) is 1.63. The molecule has 1 aliphatic carbocycles. The van der Waals surface area contributed by atoms with Crippen LogP contribution in [0.4, 0.5) is 19.1 Å². The van der Waals surface area contributed by atoms with E-state index in [-0.39, 0.29) is 11.9 Å². The lowest BCUT2D eigenvalue weighted by molar-refractivity contribution is -0.141. The highest BCUT2D eigenvalue weighted by atomic mass is 19.4. The highest BCUT2D eigenvalue weighted by Crippen LogP contribution is 2.40. The first-order chi connectivity index (χ1) is 15.2. The van der Waals surface area contributed by atoms with Gasteiger partial charge in [0.15, 0.2) is 0 Å². The minimum Gasteiger partial charge on any atom is -0.381 e. The summed E-state index contributed by atoms with van der Waals surface area (Å²) in [6.07, 6.45) is 0.269. The number of carbonyl (C=O) groups is 1. The Kier molecular flexibility index (Phi) is 6.63. The highest BCUT2D eigenvalue weighted by molar-refractivity contribution is 5.83. The van der Waals surface area contributed by atoms with Gasteiger partial charge in [0, 0.05) is 56.5 Å². The van der Waals surface area contributed by atoms with Gasteiger partial charge in [0.25, 0.3) is 0 Å². The Bertz CT molecular complexity index is 815. The lowest BCUT2D eigenvalue weighted by Gasteiger charge is -2.39. The molecule has 1 unspecified atom stereocenters. The number of aromatic nitrogens is 2. The van der Waals surface area contributed by atoms with Crippen LogP contribution in [-0.2, 0) is 15.7 Å².